The Morgan fingerprint density at radius 3 is 2.59 bits per heavy atom. The molecule has 0 saturated carbocycles. The lowest BCUT2D eigenvalue weighted by Crippen LogP contribution is -2.39. The van der Waals surface area contributed by atoms with E-state index in [1.807, 2.05) is 6.07 Å². The number of halogens is 2. The van der Waals surface area contributed by atoms with Crippen LogP contribution in [-0.4, -0.2) is 49.8 Å². The molecule has 0 atom stereocenters. The summed E-state index contributed by atoms with van der Waals surface area (Å²) >= 11 is 11.8. The van der Waals surface area contributed by atoms with Crippen LogP contribution in [0.25, 0.3) is 0 Å². The Morgan fingerprint density at radius 1 is 1.07 bits per heavy atom. The van der Waals surface area contributed by atoms with Crippen molar-refractivity contribution in [3.8, 4) is 6.07 Å². The number of urea groups is 1. The number of nitriles is 1. The molecule has 2 amide bonds. The van der Waals surface area contributed by atoms with Crippen molar-refractivity contribution in [3.63, 3.8) is 0 Å². The van der Waals surface area contributed by atoms with Gasteiger partial charge in [0.25, 0.3) is 0 Å². The third-order valence-electron chi connectivity index (χ3n) is 4.51. The SMILES string of the molecule is N#Cc1cc(S(=O)(=O)N2CCCN(C(=O)Nc3cccc(Cl)c3)CC2)ccc1Cl. The molecule has 2 aromatic carbocycles. The molecule has 2 aromatic rings. The summed E-state index contributed by atoms with van der Waals surface area (Å²) in [5.74, 6) is 0. The van der Waals surface area contributed by atoms with Gasteiger partial charge in [-0.15, -0.1) is 0 Å². The molecule has 1 fully saturated rings. The van der Waals surface area contributed by atoms with Crippen molar-refractivity contribution in [1.29, 1.82) is 5.26 Å². The van der Waals surface area contributed by atoms with Gasteiger partial charge in [-0.05, 0) is 42.8 Å². The van der Waals surface area contributed by atoms with E-state index in [1.165, 1.54) is 22.5 Å². The molecular weight excluding hydrogens is 435 g/mol. The third kappa shape index (κ3) is 5.00. The summed E-state index contributed by atoms with van der Waals surface area (Å²) in [6.45, 7) is 1.08. The first kappa shape index (κ1) is 21.4. The van der Waals surface area contributed by atoms with Crippen molar-refractivity contribution in [2.24, 2.45) is 0 Å². The minimum Gasteiger partial charge on any atom is -0.323 e. The molecule has 29 heavy (non-hydrogen) atoms. The van der Waals surface area contributed by atoms with Crippen molar-refractivity contribution in [1.82, 2.24) is 9.21 Å². The van der Waals surface area contributed by atoms with Crippen molar-refractivity contribution in [2.45, 2.75) is 11.3 Å². The summed E-state index contributed by atoms with van der Waals surface area (Å²) in [6, 6.07) is 12.4. The summed E-state index contributed by atoms with van der Waals surface area (Å²) < 4.78 is 27.3. The van der Waals surface area contributed by atoms with Gasteiger partial charge in [0.1, 0.15) is 6.07 Å². The Labute approximate surface area is 179 Å². The highest BCUT2D eigenvalue weighted by Crippen LogP contribution is 2.23. The molecule has 10 heteroatoms. The first-order chi connectivity index (χ1) is 13.8. The standard InChI is InChI=1S/C19H18Cl2N4O3S/c20-15-3-1-4-16(12-15)23-19(26)24-7-2-8-25(10-9-24)29(27,28)17-5-6-18(21)14(11-17)13-22/h1,3-6,11-12H,2,7-10H2,(H,23,26). The summed E-state index contributed by atoms with van der Waals surface area (Å²) in [5.41, 5.74) is 0.673. The van der Waals surface area contributed by atoms with Gasteiger partial charge in [0.2, 0.25) is 10.0 Å². The van der Waals surface area contributed by atoms with Crippen LogP contribution in [-0.2, 0) is 10.0 Å². The number of hydrogen-bond donors (Lipinski definition) is 1. The van der Waals surface area contributed by atoms with Gasteiger partial charge in [-0.3, -0.25) is 0 Å². The van der Waals surface area contributed by atoms with E-state index in [9.17, 15) is 13.2 Å². The predicted octanol–water partition coefficient (Wildman–Crippen LogP) is 3.79. The molecule has 0 aliphatic carbocycles. The molecule has 3 rings (SSSR count). The largest absolute Gasteiger partial charge is 0.323 e. The van der Waals surface area contributed by atoms with E-state index in [0.29, 0.717) is 23.7 Å². The fourth-order valence-corrected chi connectivity index (χ4v) is 4.85. The second kappa shape index (κ2) is 9.01. The molecule has 1 saturated heterocycles. The van der Waals surface area contributed by atoms with E-state index >= 15 is 0 Å². The second-order valence-electron chi connectivity index (χ2n) is 6.44. The number of nitrogens with zero attached hydrogens (tertiary/aromatic N) is 3. The van der Waals surface area contributed by atoms with Gasteiger partial charge in [-0.25, -0.2) is 13.2 Å². The zero-order valence-electron chi connectivity index (χ0n) is 15.3. The van der Waals surface area contributed by atoms with Crippen LogP contribution in [0.5, 0.6) is 0 Å². The number of sulfonamides is 1. The van der Waals surface area contributed by atoms with Crippen molar-refractivity contribution < 1.29 is 13.2 Å². The molecule has 1 heterocycles. The maximum atomic E-state index is 13.0. The maximum Gasteiger partial charge on any atom is 0.321 e. The number of anilines is 1. The van der Waals surface area contributed by atoms with Crippen molar-refractivity contribution >= 4 is 44.9 Å². The number of carbonyl (C=O) groups excluding carboxylic acids is 1. The molecule has 152 valence electrons. The highest BCUT2D eigenvalue weighted by molar-refractivity contribution is 7.89. The van der Waals surface area contributed by atoms with E-state index < -0.39 is 10.0 Å². The van der Waals surface area contributed by atoms with Gasteiger partial charge >= 0.3 is 6.03 Å². The highest BCUT2D eigenvalue weighted by Gasteiger charge is 2.28. The van der Waals surface area contributed by atoms with Gasteiger partial charge in [0.15, 0.2) is 0 Å². The van der Waals surface area contributed by atoms with Crippen LogP contribution in [0.2, 0.25) is 10.0 Å². The Hall–Kier alpha value is -2.31. The molecule has 1 N–H and O–H groups in total. The summed E-state index contributed by atoms with van der Waals surface area (Å²) in [5, 5.41) is 12.6. The van der Waals surface area contributed by atoms with E-state index in [2.05, 4.69) is 5.32 Å². The van der Waals surface area contributed by atoms with Crippen LogP contribution in [0.4, 0.5) is 10.5 Å². The van der Waals surface area contributed by atoms with E-state index in [0.717, 1.165) is 0 Å². The topological polar surface area (TPSA) is 93.5 Å². The van der Waals surface area contributed by atoms with Crippen LogP contribution in [0.3, 0.4) is 0 Å². The van der Waals surface area contributed by atoms with E-state index in [1.54, 1.807) is 29.2 Å². The Balaban J connectivity index is 1.70. The maximum absolute atomic E-state index is 13.0. The lowest BCUT2D eigenvalue weighted by atomic mass is 10.2. The van der Waals surface area contributed by atoms with Crippen LogP contribution < -0.4 is 5.32 Å². The van der Waals surface area contributed by atoms with E-state index in [-0.39, 0.29) is 41.1 Å². The monoisotopic (exact) mass is 452 g/mol. The van der Waals surface area contributed by atoms with Gasteiger partial charge < -0.3 is 10.2 Å². The summed E-state index contributed by atoms with van der Waals surface area (Å²) in [7, 11) is -3.80. The quantitative estimate of drug-likeness (QED) is 0.765. The molecule has 7 nitrogen and oxygen atoms in total. The van der Waals surface area contributed by atoms with Crippen molar-refractivity contribution in [2.75, 3.05) is 31.5 Å². The predicted molar refractivity (Wildman–Crippen MR) is 112 cm³/mol. The molecule has 0 unspecified atom stereocenters. The fourth-order valence-electron chi connectivity index (χ4n) is 3.01. The van der Waals surface area contributed by atoms with E-state index in [4.69, 9.17) is 28.5 Å². The third-order valence-corrected chi connectivity index (χ3v) is 6.97. The number of amides is 2. The summed E-state index contributed by atoms with van der Waals surface area (Å²) in [6.07, 6.45) is 0.487. The molecule has 0 bridgehead atoms. The highest BCUT2D eigenvalue weighted by atomic mass is 35.5. The second-order valence-corrected chi connectivity index (χ2v) is 9.22. The number of rotatable bonds is 3. The Bertz CT molecular complexity index is 1070. The molecule has 1 aliphatic heterocycles. The molecular formula is C19H18Cl2N4O3S. The van der Waals surface area contributed by atoms with Crippen molar-refractivity contribution in [3.05, 3.63) is 58.1 Å². The lowest BCUT2D eigenvalue weighted by Gasteiger charge is -2.22. The minimum absolute atomic E-state index is 0.00952. The summed E-state index contributed by atoms with van der Waals surface area (Å²) in [4.78, 5) is 14.1. The average molecular weight is 453 g/mol. The van der Waals surface area contributed by atoms with Gasteiger partial charge in [-0.2, -0.15) is 9.57 Å². The molecule has 0 radical (unpaired) electrons. The first-order valence-electron chi connectivity index (χ1n) is 8.82. The number of nitrogens with one attached hydrogen (secondary N) is 1. The zero-order valence-corrected chi connectivity index (χ0v) is 17.6. The smallest absolute Gasteiger partial charge is 0.321 e. The zero-order chi connectivity index (χ0) is 21.0. The molecule has 1 aliphatic rings. The van der Waals surface area contributed by atoms with Crippen LogP contribution in [0, 0.1) is 11.3 Å². The van der Waals surface area contributed by atoms with Crippen LogP contribution >= 0.6 is 23.2 Å². The normalized spacial score (nSPS) is 15.4. The van der Waals surface area contributed by atoms with Gasteiger partial charge in [0, 0.05) is 36.9 Å². The number of carbonyl (C=O) groups is 1. The van der Waals surface area contributed by atoms with Gasteiger partial charge in [0.05, 0.1) is 15.5 Å². The molecule has 0 aromatic heterocycles. The lowest BCUT2D eigenvalue weighted by molar-refractivity contribution is 0.214. The van der Waals surface area contributed by atoms with Gasteiger partial charge in [-0.1, -0.05) is 29.3 Å². The van der Waals surface area contributed by atoms with Crippen LogP contribution in [0.1, 0.15) is 12.0 Å². The Morgan fingerprint density at radius 2 is 1.86 bits per heavy atom. The van der Waals surface area contributed by atoms with Crippen LogP contribution in [0.15, 0.2) is 47.4 Å². The first-order valence-corrected chi connectivity index (χ1v) is 11.0. The Kier molecular flexibility index (Phi) is 6.65. The number of hydrogen-bond acceptors (Lipinski definition) is 4. The number of benzene rings is 2. The minimum atomic E-state index is -3.80. The average Bonchev–Trinajstić information content (AvgIpc) is 2.95. The molecule has 0 spiro atoms. The fraction of sp³-hybridized carbons (Fsp3) is 0.263.